The van der Waals surface area contributed by atoms with Gasteiger partial charge in [0, 0.05) is 43.4 Å². The highest BCUT2D eigenvalue weighted by Gasteiger charge is 2.21. The first-order chi connectivity index (χ1) is 15.2. The van der Waals surface area contributed by atoms with Crippen molar-refractivity contribution in [2.45, 2.75) is 0 Å². The maximum Gasteiger partial charge on any atom is 0.152 e. The van der Waals surface area contributed by atoms with Crippen LogP contribution in [0.5, 0.6) is 5.75 Å². The molecule has 158 valence electrons. The monoisotopic (exact) mass is 414 g/mol. The standard InChI is InChI=1S/C25H26N4O2/c1-28-13-15-29(16-14-28)23-18-24(31-2)22(27-30)17-21(23)26-25(19-9-5-3-6-10-19)20-11-7-4-8-12-20/h3-12,17-18H,13-16H2,1-2H3. The summed E-state index contributed by atoms with van der Waals surface area (Å²) in [7, 11) is 3.68. The van der Waals surface area contributed by atoms with E-state index in [1.165, 1.54) is 0 Å². The first kappa shape index (κ1) is 20.8. The third-order valence-corrected chi connectivity index (χ3v) is 5.55. The van der Waals surface area contributed by atoms with Crippen LogP contribution in [0.2, 0.25) is 0 Å². The fourth-order valence-electron chi connectivity index (χ4n) is 3.78. The van der Waals surface area contributed by atoms with E-state index in [9.17, 15) is 4.91 Å². The largest absolute Gasteiger partial charge is 0.494 e. The Morgan fingerprint density at radius 3 is 1.94 bits per heavy atom. The fraction of sp³-hybridized carbons (Fsp3) is 0.240. The van der Waals surface area contributed by atoms with Gasteiger partial charge in [-0.25, -0.2) is 4.99 Å². The molecule has 3 aromatic carbocycles. The zero-order chi connectivity index (χ0) is 21.6. The lowest BCUT2D eigenvalue weighted by atomic mass is 10.0. The number of hydrogen-bond acceptors (Lipinski definition) is 6. The zero-order valence-electron chi connectivity index (χ0n) is 17.9. The van der Waals surface area contributed by atoms with Gasteiger partial charge in [-0.15, -0.1) is 4.91 Å². The second-order valence-corrected chi connectivity index (χ2v) is 7.59. The molecule has 0 saturated carbocycles. The molecule has 0 radical (unpaired) electrons. The van der Waals surface area contributed by atoms with Crippen molar-refractivity contribution in [2.75, 3.05) is 45.2 Å². The predicted molar refractivity (Wildman–Crippen MR) is 126 cm³/mol. The van der Waals surface area contributed by atoms with Gasteiger partial charge in [-0.05, 0) is 18.3 Å². The van der Waals surface area contributed by atoms with Crippen molar-refractivity contribution >= 4 is 22.8 Å². The fourth-order valence-corrected chi connectivity index (χ4v) is 3.78. The van der Waals surface area contributed by atoms with E-state index in [0.29, 0.717) is 11.4 Å². The number of methoxy groups -OCH3 is 1. The number of hydrogen-bond donors (Lipinski definition) is 0. The van der Waals surface area contributed by atoms with Crippen LogP contribution in [-0.4, -0.2) is 50.9 Å². The van der Waals surface area contributed by atoms with Crippen molar-refractivity contribution in [3.63, 3.8) is 0 Å². The topological polar surface area (TPSA) is 57.5 Å². The molecule has 0 spiro atoms. The Morgan fingerprint density at radius 2 is 1.42 bits per heavy atom. The molecular weight excluding hydrogens is 388 g/mol. The molecule has 0 N–H and O–H groups in total. The van der Waals surface area contributed by atoms with Crippen molar-refractivity contribution in [1.29, 1.82) is 0 Å². The van der Waals surface area contributed by atoms with Gasteiger partial charge < -0.3 is 14.5 Å². The number of nitroso groups, excluding NO2 is 1. The average molecular weight is 415 g/mol. The number of ether oxygens (including phenoxy) is 1. The molecule has 0 amide bonds. The summed E-state index contributed by atoms with van der Waals surface area (Å²) in [6.07, 6.45) is 0. The van der Waals surface area contributed by atoms with Gasteiger partial charge >= 0.3 is 0 Å². The first-order valence-electron chi connectivity index (χ1n) is 10.4. The van der Waals surface area contributed by atoms with Crippen LogP contribution in [0.25, 0.3) is 0 Å². The van der Waals surface area contributed by atoms with Gasteiger partial charge in [0.05, 0.1) is 24.2 Å². The quantitative estimate of drug-likeness (QED) is 0.420. The molecule has 3 aromatic rings. The number of benzene rings is 3. The lowest BCUT2D eigenvalue weighted by Crippen LogP contribution is -2.44. The molecule has 31 heavy (non-hydrogen) atoms. The lowest BCUT2D eigenvalue weighted by Gasteiger charge is -2.35. The van der Waals surface area contributed by atoms with E-state index in [-0.39, 0.29) is 5.69 Å². The molecule has 1 fully saturated rings. The molecule has 1 aliphatic heterocycles. The van der Waals surface area contributed by atoms with Crippen LogP contribution in [0, 0.1) is 4.91 Å². The molecule has 0 atom stereocenters. The van der Waals surface area contributed by atoms with Crippen molar-refractivity contribution in [1.82, 2.24) is 4.90 Å². The van der Waals surface area contributed by atoms with Crippen molar-refractivity contribution in [3.05, 3.63) is 88.8 Å². The Morgan fingerprint density at radius 1 is 0.839 bits per heavy atom. The predicted octanol–water partition coefficient (Wildman–Crippen LogP) is 5.01. The normalized spacial score (nSPS) is 14.2. The molecular formula is C25H26N4O2. The lowest BCUT2D eigenvalue weighted by molar-refractivity contribution is 0.313. The first-order valence-corrected chi connectivity index (χ1v) is 10.4. The summed E-state index contributed by atoms with van der Waals surface area (Å²) in [4.78, 5) is 21.2. The number of nitrogens with zero attached hydrogens (tertiary/aromatic N) is 4. The maximum absolute atomic E-state index is 11.5. The van der Waals surface area contributed by atoms with Gasteiger partial charge in [-0.2, -0.15) is 0 Å². The summed E-state index contributed by atoms with van der Waals surface area (Å²) < 4.78 is 5.44. The molecule has 6 nitrogen and oxygen atoms in total. The van der Waals surface area contributed by atoms with E-state index in [4.69, 9.17) is 9.73 Å². The Bertz CT molecular complexity index is 1020. The Balaban J connectivity index is 1.89. The number of aliphatic imine (C=N–C) groups is 1. The second kappa shape index (κ2) is 9.53. The van der Waals surface area contributed by atoms with E-state index in [0.717, 1.165) is 48.7 Å². The van der Waals surface area contributed by atoms with E-state index in [1.807, 2.05) is 66.7 Å². The van der Waals surface area contributed by atoms with E-state index >= 15 is 0 Å². The molecule has 1 saturated heterocycles. The van der Waals surface area contributed by atoms with Gasteiger partial charge in [0.1, 0.15) is 5.75 Å². The van der Waals surface area contributed by atoms with E-state index in [1.54, 1.807) is 13.2 Å². The number of piperazine rings is 1. The SMILES string of the molecule is COc1cc(N2CCN(C)CC2)c(N=C(c2ccccc2)c2ccccc2)cc1N=O. The van der Waals surface area contributed by atoms with Crippen molar-refractivity contribution in [2.24, 2.45) is 10.2 Å². The van der Waals surface area contributed by atoms with Gasteiger partial charge in [0.2, 0.25) is 0 Å². The summed E-state index contributed by atoms with van der Waals surface area (Å²) in [6.45, 7) is 3.68. The van der Waals surface area contributed by atoms with Crippen LogP contribution >= 0.6 is 0 Å². The van der Waals surface area contributed by atoms with Crippen molar-refractivity contribution < 1.29 is 4.74 Å². The van der Waals surface area contributed by atoms with E-state index < -0.39 is 0 Å². The molecule has 6 heteroatoms. The van der Waals surface area contributed by atoms with Gasteiger partial charge in [0.15, 0.2) is 5.69 Å². The smallest absolute Gasteiger partial charge is 0.152 e. The minimum atomic E-state index is 0.250. The number of likely N-dealkylation sites (N-methyl/N-ethyl adjacent to an activating group) is 1. The van der Waals surface area contributed by atoms with Crippen LogP contribution in [0.15, 0.2) is 83.0 Å². The summed E-state index contributed by atoms with van der Waals surface area (Å²) in [5.41, 5.74) is 4.77. The number of anilines is 1. The summed E-state index contributed by atoms with van der Waals surface area (Å²) in [6, 6.07) is 23.8. The summed E-state index contributed by atoms with van der Waals surface area (Å²) >= 11 is 0. The molecule has 0 aliphatic carbocycles. The van der Waals surface area contributed by atoms with Crippen LogP contribution in [-0.2, 0) is 0 Å². The Kier molecular flexibility index (Phi) is 6.38. The second-order valence-electron chi connectivity index (χ2n) is 7.59. The maximum atomic E-state index is 11.5. The van der Waals surface area contributed by atoms with Crippen LogP contribution in [0.3, 0.4) is 0 Å². The third kappa shape index (κ3) is 4.64. The number of rotatable bonds is 6. The Hall–Kier alpha value is -3.51. The Labute approximate surface area is 182 Å². The molecule has 0 unspecified atom stereocenters. The van der Waals surface area contributed by atoms with Crippen LogP contribution < -0.4 is 9.64 Å². The minimum Gasteiger partial charge on any atom is -0.494 e. The van der Waals surface area contributed by atoms with Gasteiger partial charge in [-0.3, -0.25) is 0 Å². The van der Waals surface area contributed by atoms with Crippen LogP contribution in [0.1, 0.15) is 11.1 Å². The zero-order valence-corrected chi connectivity index (χ0v) is 17.9. The van der Waals surface area contributed by atoms with Crippen molar-refractivity contribution in [3.8, 4) is 5.75 Å². The molecule has 4 rings (SSSR count). The average Bonchev–Trinajstić information content (AvgIpc) is 2.83. The molecule has 0 aromatic heterocycles. The van der Waals surface area contributed by atoms with Gasteiger partial charge in [0.25, 0.3) is 0 Å². The molecule has 1 heterocycles. The van der Waals surface area contributed by atoms with Gasteiger partial charge in [-0.1, -0.05) is 60.7 Å². The van der Waals surface area contributed by atoms with Crippen LogP contribution in [0.4, 0.5) is 17.1 Å². The third-order valence-electron chi connectivity index (χ3n) is 5.55. The van der Waals surface area contributed by atoms with E-state index in [2.05, 4.69) is 22.0 Å². The minimum absolute atomic E-state index is 0.250. The highest BCUT2D eigenvalue weighted by atomic mass is 16.5. The highest BCUT2D eigenvalue weighted by molar-refractivity contribution is 6.14. The highest BCUT2D eigenvalue weighted by Crippen LogP contribution is 2.41. The molecule has 0 bridgehead atoms. The summed E-state index contributed by atoms with van der Waals surface area (Å²) in [5, 5.41) is 3.18. The molecule has 1 aliphatic rings. The summed E-state index contributed by atoms with van der Waals surface area (Å²) in [5.74, 6) is 0.462.